The van der Waals surface area contributed by atoms with E-state index in [1.807, 2.05) is 60.7 Å². The molecular weight excluding hydrogens is 298 g/mol. The molecule has 0 amide bonds. The van der Waals surface area contributed by atoms with Gasteiger partial charge in [-0.3, -0.25) is 4.79 Å². The Kier molecular flexibility index (Phi) is 5.00. The van der Waals surface area contributed by atoms with E-state index in [1.165, 1.54) is 0 Å². The predicted molar refractivity (Wildman–Crippen MR) is 95.8 cm³/mol. The fourth-order valence-electron chi connectivity index (χ4n) is 3.62. The summed E-state index contributed by atoms with van der Waals surface area (Å²) in [5.74, 6) is 0.510. The third-order valence-corrected chi connectivity index (χ3v) is 4.75. The molecule has 0 saturated carbocycles. The molecule has 0 spiro atoms. The van der Waals surface area contributed by atoms with Crippen LogP contribution >= 0.6 is 0 Å². The zero-order valence-electron chi connectivity index (χ0n) is 14.4. The van der Waals surface area contributed by atoms with Gasteiger partial charge in [-0.2, -0.15) is 0 Å². The molecule has 1 heterocycles. The number of benzene rings is 2. The van der Waals surface area contributed by atoms with Crippen LogP contribution in [0.25, 0.3) is 0 Å². The van der Waals surface area contributed by atoms with Crippen molar-refractivity contribution in [2.45, 2.75) is 19.3 Å². The largest absolute Gasteiger partial charge is 0.464 e. The lowest BCUT2D eigenvalue weighted by Crippen LogP contribution is -2.44. The molecule has 0 radical (unpaired) electrons. The highest BCUT2D eigenvalue weighted by atomic mass is 16.5. The number of nitrogens with one attached hydrogen (secondary N) is 1. The molecule has 24 heavy (non-hydrogen) atoms. The second-order valence-electron chi connectivity index (χ2n) is 6.89. The van der Waals surface area contributed by atoms with Crippen LogP contribution < -0.4 is 5.32 Å². The third kappa shape index (κ3) is 2.96. The number of hydrogen-bond donors (Lipinski definition) is 1. The third-order valence-electron chi connectivity index (χ3n) is 4.75. The van der Waals surface area contributed by atoms with Crippen LogP contribution in [0.15, 0.2) is 60.7 Å². The standard InChI is InChI=1S/C21H25NO2/c1-16(2)13-22-14-19-15-24-20(23)21(19,17-9-5-3-6-10-17)18-11-7-4-8-12-18/h3-12,16,19,22H,13-15H2,1-2H3. The molecule has 126 valence electrons. The van der Waals surface area contributed by atoms with E-state index >= 15 is 0 Å². The molecule has 1 aliphatic rings. The van der Waals surface area contributed by atoms with Crippen molar-refractivity contribution in [3.05, 3.63) is 71.8 Å². The molecule has 1 fully saturated rings. The van der Waals surface area contributed by atoms with Crippen molar-refractivity contribution < 1.29 is 9.53 Å². The molecule has 2 aromatic rings. The van der Waals surface area contributed by atoms with Gasteiger partial charge in [-0.25, -0.2) is 0 Å². The Bertz CT molecular complexity index is 627. The van der Waals surface area contributed by atoms with Crippen molar-refractivity contribution in [3.8, 4) is 0 Å². The van der Waals surface area contributed by atoms with Crippen molar-refractivity contribution in [2.75, 3.05) is 19.7 Å². The number of carbonyl (C=O) groups excluding carboxylic acids is 1. The average molecular weight is 323 g/mol. The molecule has 3 heteroatoms. The molecule has 0 bridgehead atoms. The molecule has 3 rings (SSSR count). The number of rotatable bonds is 6. The Labute approximate surface area is 144 Å². The van der Waals surface area contributed by atoms with Gasteiger partial charge >= 0.3 is 5.97 Å². The highest BCUT2D eigenvalue weighted by molar-refractivity contribution is 5.90. The maximum absolute atomic E-state index is 13.0. The lowest BCUT2D eigenvalue weighted by atomic mass is 9.67. The van der Waals surface area contributed by atoms with Crippen molar-refractivity contribution in [2.24, 2.45) is 11.8 Å². The Morgan fingerprint density at radius 2 is 1.58 bits per heavy atom. The molecule has 3 nitrogen and oxygen atoms in total. The average Bonchev–Trinajstić information content (AvgIpc) is 2.93. The molecule has 1 N–H and O–H groups in total. The van der Waals surface area contributed by atoms with Crippen molar-refractivity contribution in [1.29, 1.82) is 0 Å². The first-order chi connectivity index (χ1) is 11.7. The lowest BCUT2D eigenvalue weighted by molar-refractivity contribution is -0.141. The zero-order valence-corrected chi connectivity index (χ0v) is 14.4. The zero-order chi connectivity index (χ0) is 17.0. The van der Waals surface area contributed by atoms with Gasteiger partial charge in [0.15, 0.2) is 0 Å². The van der Waals surface area contributed by atoms with Crippen LogP contribution in [0.3, 0.4) is 0 Å². The van der Waals surface area contributed by atoms with E-state index in [0.717, 1.165) is 24.2 Å². The highest BCUT2D eigenvalue weighted by Crippen LogP contribution is 2.44. The van der Waals surface area contributed by atoms with E-state index in [9.17, 15) is 4.79 Å². The quantitative estimate of drug-likeness (QED) is 0.828. The van der Waals surface area contributed by atoms with Gasteiger partial charge in [-0.1, -0.05) is 74.5 Å². The molecule has 1 saturated heterocycles. The van der Waals surface area contributed by atoms with Crippen LogP contribution in [0.5, 0.6) is 0 Å². The normalized spacial score (nSPS) is 19.5. The Hall–Kier alpha value is -2.13. The minimum atomic E-state index is -0.730. The summed E-state index contributed by atoms with van der Waals surface area (Å²) in [7, 11) is 0. The minimum Gasteiger partial charge on any atom is -0.464 e. The van der Waals surface area contributed by atoms with Gasteiger partial charge in [0.1, 0.15) is 5.41 Å². The maximum atomic E-state index is 13.0. The summed E-state index contributed by atoms with van der Waals surface area (Å²) in [6, 6.07) is 20.1. The molecule has 1 aliphatic heterocycles. The summed E-state index contributed by atoms with van der Waals surface area (Å²) in [5.41, 5.74) is 1.29. The number of esters is 1. The van der Waals surface area contributed by atoms with E-state index < -0.39 is 5.41 Å². The lowest BCUT2D eigenvalue weighted by Gasteiger charge is -2.32. The first kappa shape index (κ1) is 16.7. The Balaban J connectivity index is 2.03. The van der Waals surface area contributed by atoms with E-state index in [0.29, 0.717) is 12.5 Å². The van der Waals surface area contributed by atoms with Gasteiger partial charge in [0.2, 0.25) is 0 Å². The number of cyclic esters (lactones) is 1. The van der Waals surface area contributed by atoms with Gasteiger partial charge in [0.25, 0.3) is 0 Å². The molecular formula is C21H25NO2. The summed E-state index contributed by atoms with van der Waals surface area (Å²) >= 11 is 0. The predicted octanol–water partition coefficient (Wildman–Crippen LogP) is 3.39. The minimum absolute atomic E-state index is 0.0774. The van der Waals surface area contributed by atoms with E-state index in [2.05, 4.69) is 19.2 Å². The number of ether oxygens (including phenoxy) is 1. The van der Waals surface area contributed by atoms with E-state index in [1.54, 1.807) is 0 Å². The first-order valence-electron chi connectivity index (χ1n) is 8.64. The van der Waals surface area contributed by atoms with Gasteiger partial charge in [-0.15, -0.1) is 0 Å². The molecule has 0 aliphatic carbocycles. The summed E-state index contributed by atoms with van der Waals surface area (Å²) < 4.78 is 5.57. The van der Waals surface area contributed by atoms with Crippen LogP contribution in [0.4, 0.5) is 0 Å². The van der Waals surface area contributed by atoms with Gasteiger partial charge in [-0.05, 0) is 23.6 Å². The molecule has 0 aromatic heterocycles. The fraction of sp³-hybridized carbons (Fsp3) is 0.381. The Morgan fingerprint density at radius 1 is 1.04 bits per heavy atom. The fourth-order valence-corrected chi connectivity index (χ4v) is 3.62. The van der Waals surface area contributed by atoms with E-state index in [-0.39, 0.29) is 11.9 Å². The summed E-state index contributed by atoms with van der Waals surface area (Å²) in [6.45, 7) is 6.52. The van der Waals surface area contributed by atoms with Crippen molar-refractivity contribution in [3.63, 3.8) is 0 Å². The van der Waals surface area contributed by atoms with Crippen LogP contribution in [-0.2, 0) is 14.9 Å². The second kappa shape index (κ2) is 7.18. The molecule has 1 atom stereocenters. The molecule has 2 aromatic carbocycles. The van der Waals surface area contributed by atoms with E-state index in [4.69, 9.17) is 4.74 Å². The van der Waals surface area contributed by atoms with Crippen LogP contribution in [0.2, 0.25) is 0 Å². The monoisotopic (exact) mass is 323 g/mol. The van der Waals surface area contributed by atoms with Crippen LogP contribution in [-0.4, -0.2) is 25.7 Å². The molecule has 1 unspecified atom stereocenters. The van der Waals surface area contributed by atoms with Gasteiger partial charge < -0.3 is 10.1 Å². The smallest absolute Gasteiger partial charge is 0.321 e. The first-order valence-corrected chi connectivity index (χ1v) is 8.64. The second-order valence-corrected chi connectivity index (χ2v) is 6.89. The SMILES string of the molecule is CC(C)CNCC1COC(=O)C1(c1ccccc1)c1ccccc1. The van der Waals surface area contributed by atoms with Gasteiger partial charge in [0.05, 0.1) is 6.61 Å². The van der Waals surface area contributed by atoms with Crippen molar-refractivity contribution in [1.82, 2.24) is 5.32 Å². The van der Waals surface area contributed by atoms with Crippen LogP contribution in [0.1, 0.15) is 25.0 Å². The van der Waals surface area contributed by atoms with Crippen molar-refractivity contribution >= 4 is 5.97 Å². The summed E-state index contributed by atoms with van der Waals surface area (Å²) in [6.07, 6.45) is 0. The summed E-state index contributed by atoms with van der Waals surface area (Å²) in [4.78, 5) is 13.0. The van der Waals surface area contributed by atoms with Crippen LogP contribution in [0, 0.1) is 11.8 Å². The number of carbonyl (C=O) groups is 1. The number of hydrogen-bond acceptors (Lipinski definition) is 3. The Morgan fingerprint density at radius 3 is 2.08 bits per heavy atom. The highest BCUT2D eigenvalue weighted by Gasteiger charge is 2.54. The topological polar surface area (TPSA) is 38.3 Å². The van der Waals surface area contributed by atoms with Gasteiger partial charge in [0, 0.05) is 12.5 Å². The maximum Gasteiger partial charge on any atom is 0.321 e. The summed E-state index contributed by atoms with van der Waals surface area (Å²) in [5, 5.41) is 3.51.